The molecule has 0 bridgehead atoms. The lowest BCUT2D eigenvalue weighted by atomic mass is 9.97. The smallest absolute Gasteiger partial charge is 0.407 e. The van der Waals surface area contributed by atoms with E-state index in [1.54, 1.807) is 0 Å². The summed E-state index contributed by atoms with van der Waals surface area (Å²) in [5.74, 6) is 1.55. The Morgan fingerprint density at radius 2 is 1.75 bits per heavy atom. The molecule has 1 saturated heterocycles. The van der Waals surface area contributed by atoms with Gasteiger partial charge in [0.2, 0.25) is 0 Å². The van der Waals surface area contributed by atoms with E-state index >= 15 is 0 Å². The van der Waals surface area contributed by atoms with Crippen molar-refractivity contribution in [2.45, 2.75) is 65.9 Å². The highest BCUT2D eigenvalue weighted by molar-refractivity contribution is 14.0. The van der Waals surface area contributed by atoms with Crippen LogP contribution in [0.2, 0.25) is 0 Å². The maximum atomic E-state index is 11.6. The molecule has 0 saturated carbocycles. The standard InChI is InChI=1S/C20H41N5O2.HI/c1-6-13-25-14-9-17(10-15-25)16-24-18(21-7-2)22-11-8-12-23-19(26)27-20(3,4)5;/h17H,6-16H2,1-5H3,(H,23,26)(H2,21,22,24);1H. The third-order valence-electron chi connectivity index (χ3n) is 4.41. The molecule has 1 aliphatic rings. The van der Waals surface area contributed by atoms with E-state index in [0.717, 1.165) is 32.0 Å². The average Bonchev–Trinajstić information content (AvgIpc) is 2.59. The molecule has 166 valence electrons. The number of rotatable bonds is 9. The van der Waals surface area contributed by atoms with Crippen LogP contribution in [0.5, 0.6) is 0 Å². The number of piperidine rings is 1. The van der Waals surface area contributed by atoms with Crippen LogP contribution in [0.3, 0.4) is 0 Å². The second-order valence-corrected chi connectivity index (χ2v) is 8.21. The maximum absolute atomic E-state index is 11.6. The van der Waals surface area contributed by atoms with Crippen molar-refractivity contribution in [2.24, 2.45) is 10.9 Å². The van der Waals surface area contributed by atoms with Crippen molar-refractivity contribution in [1.29, 1.82) is 0 Å². The Kier molecular flexibility index (Phi) is 14.7. The minimum atomic E-state index is -0.458. The first-order chi connectivity index (χ1) is 12.8. The Balaban J connectivity index is 0.00000729. The lowest BCUT2D eigenvalue weighted by Gasteiger charge is -2.31. The summed E-state index contributed by atoms with van der Waals surface area (Å²) in [7, 11) is 0. The maximum Gasteiger partial charge on any atom is 0.407 e. The van der Waals surface area contributed by atoms with E-state index in [2.05, 4.69) is 34.7 Å². The monoisotopic (exact) mass is 511 g/mol. The van der Waals surface area contributed by atoms with Crippen LogP contribution in [-0.2, 0) is 4.74 Å². The zero-order valence-corrected chi connectivity index (χ0v) is 20.8. The minimum Gasteiger partial charge on any atom is -0.444 e. The molecular formula is C20H42IN5O2. The predicted molar refractivity (Wildman–Crippen MR) is 128 cm³/mol. The number of guanidine groups is 1. The highest BCUT2D eigenvalue weighted by Crippen LogP contribution is 2.17. The normalized spacial score (nSPS) is 16.2. The van der Waals surface area contributed by atoms with Crippen LogP contribution in [0.15, 0.2) is 4.99 Å². The largest absolute Gasteiger partial charge is 0.444 e. The van der Waals surface area contributed by atoms with Crippen molar-refractivity contribution in [1.82, 2.24) is 20.9 Å². The summed E-state index contributed by atoms with van der Waals surface area (Å²) in [6, 6.07) is 0. The first-order valence-electron chi connectivity index (χ1n) is 10.6. The zero-order chi connectivity index (χ0) is 20.1. The minimum absolute atomic E-state index is 0. The number of alkyl carbamates (subject to hydrolysis) is 1. The number of halogens is 1. The molecule has 1 rings (SSSR count). The first-order valence-corrected chi connectivity index (χ1v) is 10.6. The molecular weight excluding hydrogens is 469 g/mol. The van der Waals surface area contributed by atoms with Crippen molar-refractivity contribution in [3.8, 4) is 0 Å². The fourth-order valence-electron chi connectivity index (χ4n) is 3.07. The van der Waals surface area contributed by atoms with E-state index in [-0.39, 0.29) is 30.1 Å². The van der Waals surface area contributed by atoms with Crippen LogP contribution in [0.4, 0.5) is 4.79 Å². The van der Waals surface area contributed by atoms with Gasteiger partial charge in [-0.1, -0.05) is 6.92 Å². The molecule has 0 atom stereocenters. The number of aliphatic imine (C=N–C) groups is 1. The second kappa shape index (κ2) is 15.1. The third-order valence-corrected chi connectivity index (χ3v) is 4.41. The summed E-state index contributed by atoms with van der Waals surface area (Å²) in [5.41, 5.74) is -0.458. The Morgan fingerprint density at radius 1 is 1.11 bits per heavy atom. The Hall–Kier alpha value is -0.770. The van der Waals surface area contributed by atoms with Crippen LogP contribution in [0, 0.1) is 5.92 Å². The van der Waals surface area contributed by atoms with Gasteiger partial charge in [0.15, 0.2) is 5.96 Å². The van der Waals surface area contributed by atoms with Crippen LogP contribution >= 0.6 is 24.0 Å². The molecule has 0 spiro atoms. The molecule has 0 unspecified atom stereocenters. The molecule has 0 aliphatic carbocycles. The highest BCUT2D eigenvalue weighted by Gasteiger charge is 2.18. The third kappa shape index (κ3) is 13.4. The van der Waals surface area contributed by atoms with E-state index in [1.165, 1.54) is 38.9 Å². The van der Waals surface area contributed by atoms with Gasteiger partial charge in [-0.25, -0.2) is 4.79 Å². The fraction of sp³-hybridized carbons (Fsp3) is 0.900. The summed E-state index contributed by atoms with van der Waals surface area (Å²) in [6.07, 6.45) is 4.17. The van der Waals surface area contributed by atoms with Gasteiger partial charge in [-0.2, -0.15) is 0 Å². The summed E-state index contributed by atoms with van der Waals surface area (Å²) in [6.45, 7) is 16.6. The van der Waals surface area contributed by atoms with Gasteiger partial charge in [0.1, 0.15) is 5.60 Å². The number of hydrogen-bond donors (Lipinski definition) is 3. The molecule has 0 aromatic rings. The van der Waals surface area contributed by atoms with Gasteiger partial charge in [-0.3, -0.25) is 4.99 Å². The molecule has 0 aromatic carbocycles. The van der Waals surface area contributed by atoms with Crippen molar-refractivity contribution in [2.75, 3.05) is 45.8 Å². The van der Waals surface area contributed by atoms with Gasteiger partial charge in [0.05, 0.1) is 0 Å². The van der Waals surface area contributed by atoms with Gasteiger partial charge in [0.25, 0.3) is 0 Å². The molecule has 3 N–H and O–H groups in total. The van der Waals surface area contributed by atoms with E-state index in [4.69, 9.17) is 9.73 Å². The van der Waals surface area contributed by atoms with Gasteiger partial charge in [-0.15, -0.1) is 24.0 Å². The lowest BCUT2D eigenvalue weighted by molar-refractivity contribution is 0.0527. The van der Waals surface area contributed by atoms with Gasteiger partial charge < -0.3 is 25.6 Å². The van der Waals surface area contributed by atoms with Crippen LogP contribution in [-0.4, -0.2) is 68.4 Å². The summed E-state index contributed by atoms with van der Waals surface area (Å²) in [5, 5.41) is 9.42. The van der Waals surface area contributed by atoms with Gasteiger partial charge in [0, 0.05) is 26.2 Å². The number of nitrogens with one attached hydrogen (secondary N) is 3. The summed E-state index contributed by atoms with van der Waals surface area (Å²) < 4.78 is 5.22. The average molecular weight is 511 g/mol. The van der Waals surface area contributed by atoms with Crippen molar-refractivity contribution in [3.63, 3.8) is 0 Å². The number of carbonyl (C=O) groups excluding carboxylic acids is 1. The molecule has 0 aromatic heterocycles. The van der Waals surface area contributed by atoms with E-state index in [0.29, 0.717) is 12.5 Å². The Morgan fingerprint density at radius 3 is 2.32 bits per heavy atom. The quantitative estimate of drug-likeness (QED) is 0.192. The topological polar surface area (TPSA) is 78.0 Å². The number of hydrogen-bond acceptors (Lipinski definition) is 4. The van der Waals surface area contributed by atoms with Gasteiger partial charge >= 0.3 is 6.09 Å². The predicted octanol–water partition coefficient (Wildman–Crippen LogP) is 3.20. The highest BCUT2D eigenvalue weighted by atomic mass is 127. The Labute approximate surface area is 188 Å². The molecule has 1 fully saturated rings. The molecule has 1 heterocycles. The number of nitrogens with zero attached hydrogens (tertiary/aromatic N) is 2. The van der Waals surface area contributed by atoms with Gasteiger partial charge in [-0.05, 0) is 78.9 Å². The summed E-state index contributed by atoms with van der Waals surface area (Å²) >= 11 is 0. The molecule has 1 aliphatic heterocycles. The number of carbonyl (C=O) groups is 1. The van der Waals surface area contributed by atoms with E-state index < -0.39 is 5.60 Å². The SMILES string of the molecule is CCCN1CCC(CN=C(NCC)NCCCNC(=O)OC(C)(C)C)CC1.I. The molecule has 0 radical (unpaired) electrons. The molecule has 7 nitrogen and oxygen atoms in total. The number of ether oxygens (including phenoxy) is 1. The van der Waals surface area contributed by atoms with Crippen molar-refractivity contribution >= 4 is 36.0 Å². The fourth-order valence-corrected chi connectivity index (χ4v) is 3.07. The van der Waals surface area contributed by atoms with Crippen molar-refractivity contribution < 1.29 is 9.53 Å². The van der Waals surface area contributed by atoms with E-state index in [9.17, 15) is 4.79 Å². The lowest BCUT2D eigenvalue weighted by Crippen LogP contribution is -2.40. The van der Waals surface area contributed by atoms with Crippen LogP contribution in [0.1, 0.15) is 60.3 Å². The first kappa shape index (κ1) is 27.2. The van der Waals surface area contributed by atoms with Crippen LogP contribution < -0.4 is 16.0 Å². The van der Waals surface area contributed by atoms with E-state index in [1.807, 2.05) is 20.8 Å². The molecule has 28 heavy (non-hydrogen) atoms. The zero-order valence-electron chi connectivity index (χ0n) is 18.5. The van der Waals surface area contributed by atoms with Crippen LogP contribution in [0.25, 0.3) is 0 Å². The molecule has 8 heteroatoms. The number of likely N-dealkylation sites (tertiary alicyclic amines) is 1. The van der Waals surface area contributed by atoms with Crippen molar-refractivity contribution in [3.05, 3.63) is 0 Å². The number of amides is 1. The summed E-state index contributed by atoms with van der Waals surface area (Å²) in [4.78, 5) is 18.9. The molecule has 1 amide bonds. The Bertz CT molecular complexity index is 446. The second-order valence-electron chi connectivity index (χ2n) is 8.21.